The van der Waals surface area contributed by atoms with Crippen LogP contribution in [0.15, 0.2) is 84.5 Å². The first kappa shape index (κ1) is 26.0. The number of hydrogen-bond acceptors (Lipinski definition) is 2. The lowest BCUT2D eigenvalue weighted by atomic mass is 9.71. The summed E-state index contributed by atoms with van der Waals surface area (Å²) in [5.74, 6) is -0.363. The lowest BCUT2D eigenvalue weighted by Gasteiger charge is -2.37. The molecule has 2 nitrogen and oxygen atoms in total. The van der Waals surface area contributed by atoms with E-state index in [9.17, 15) is 4.39 Å². The second kappa shape index (κ2) is 11.2. The highest BCUT2D eigenvalue weighted by molar-refractivity contribution is 6.30. The Hall–Kier alpha value is -2.62. The van der Waals surface area contributed by atoms with E-state index in [1.54, 1.807) is 6.07 Å². The number of nitrogens with two attached hydrogens (primary N) is 1. The van der Waals surface area contributed by atoms with Crippen molar-refractivity contribution < 1.29 is 9.13 Å². The van der Waals surface area contributed by atoms with Gasteiger partial charge in [0, 0.05) is 21.7 Å². The summed E-state index contributed by atoms with van der Waals surface area (Å²) in [6.45, 7) is 14.4. The highest BCUT2D eigenvalue weighted by Gasteiger charge is 2.45. The van der Waals surface area contributed by atoms with Crippen molar-refractivity contribution in [3.05, 3.63) is 112 Å². The van der Waals surface area contributed by atoms with Crippen LogP contribution in [0.5, 0.6) is 0 Å². The van der Waals surface area contributed by atoms with Gasteiger partial charge in [-0.05, 0) is 66.2 Å². The summed E-state index contributed by atoms with van der Waals surface area (Å²) in [6.07, 6.45) is 8.04. The normalized spacial score (nSPS) is 21.3. The molecule has 0 bridgehead atoms. The minimum Gasteiger partial charge on any atom is -0.399 e. The van der Waals surface area contributed by atoms with Gasteiger partial charge in [-0.1, -0.05) is 87.5 Å². The third-order valence-corrected chi connectivity index (χ3v) is 7.11. The van der Waals surface area contributed by atoms with Gasteiger partial charge in [0.1, 0.15) is 5.82 Å². The predicted molar refractivity (Wildman–Crippen MR) is 142 cm³/mol. The van der Waals surface area contributed by atoms with Crippen molar-refractivity contribution in [2.24, 2.45) is 11.1 Å². The third kappa shape index (κ3) is 5.37. The van der Waals surface area contributed by atoms with E-state index in [-0.39, 0.29) is 23.0 Å². The summed E-state index contributed by atoms with van der Waals surface area (Å²) < 4.78 is 20.6. The number of rotatable bonds is 7. The van der Waals surface area contributed by atoms with E-state index in [4.69, 9.17) is 22.1 Å². The molecule has 2 aromatic carbocycles. The quantitative estimate of drug-likeness (QED) is 0.434. The number of allylic oxidation sites excluding steroid dienone is 4. The Kier molecular flexibility index (Phi) is 8.57. The fourth-order valence-electron chi connectivity index (χ4n) is 5.07. The zero-order valence-corrected chi connectivity index (χ0v) is 21.2. The van der Waals surface area contributed by atoms with Crippen molar-refractivity contribution in [1.29, 1.82) is 0 Å². The van der Waals surface area contributed by atoms with Crippen LogP contribution in [0.2, 0.25) is 5.02 Å². The summed E-state index contributed by atoms with van der Waals surface area (Å²) in [4.78, 5) is 0. The fourth-order valence-corrected chi connectivity index (χ4v) is 5.20. The first-order valence-corrected chi connectivity index (χ1v) is 12.3. The van der Waals surface area contributed by atoms with Crippen LogP contribution >= 0.6 is 11.6 Å². The minimum absolute atomic E-state index is 0.0444. The van der Waals surface area contributed by atoms with Gasteiger partial charge in [-0.3, -0.25) is 0 Å². The SMILES string of the molecule is C=CC1=C(Cc2ccc(Cl)cc2)C=C2CCC(OCc3cccc(F)c3C(=C)N)C2(C)C1.CC. The summed E-state index contributed by atoms with van der Waals surface area (Å²) >= 11 is 6.04. The van der Waals surface area contributed by atoms with Gasteiger partial charge in [0.05, 0.1) is 12.7 Å². The lowest BCUT2D eigenvalue weighted by Crippen LogP contribution is -2.33. The molecule has 1 fully saturated rings. The van der Waals surface area contributed by atoms with E-state index in [2.05, 4.69) is 38.3 Å². The van der Waals surface area contributed by atoms with Gasteiger partial charge in [0.2, 0.25) is 0 Å². The van der Waals surface area contributed by atoms with Crippen LogP contribution in [0.4, 0.5) is 4.39 Å². The van der Waals surface area contributed by atoms with Crippen molar-refractivity contribution in [2.75, 3.05) is 0 Å². The number of ether oxygens (including phenoxy) is 1. The molecule has 180 valence electrons. The summed E-state index contributed by atoms with van der Waals surface area (Å²) in [7, 11) is 0. The molecule has 4 rings (SSSR count). The topological polar surface area (TPSA) is 35.2 Å². The van der Waals surface area contributed by atoms with E-state index in [1.807, 2.05) is 38.1 Å². The van der Waals surface area contributed by atoms with Gasteiger partial charge in [0.15, 0.2) is 0 Å². The number of hydrogen-bond donors (Lipinski definition) is 1. The molecule has 2 atom stereocenters. The van der Waals surface area contributed by atoms with E-state index in [0.29, 0.717) is 12.2 Å². The average molecular weight is 480 g/mol. The van der Waals surface area contributed by atoms with Crippen LogP contribution in [0, 0.1) is 11.2 Å². The molecule has 0 amide bonds. The van der Waals surface area contributed by atoms with Gasteiger partial charge < -0.3 is 10.5 Å². The predicted octanol–water partition coefficient (Wildman–Crippen LogP) is 8.18. The van der Waals surface area contributed by atoms with E-state index in [1.165, 1.54) is 28.3 Å². The molecule has 0 heterocycles. The molecule has 0 radical (unpaired) electrons. The second-order valence-electron chi connectivity index (χ2n) is 8.96. The molecule has 2 aromatic rings. The third-order valence-electron chi connectivity index (χ3n) is 6.85. The fraction of sp³-hybridized carbons (Fsp3) is 0.333. The zero-order valence-electron chi connectivity index (χ0n) is 20.5. The molecule has 34 heavy (non-hydrogen) atoms. The Morgan fingerprint density at radius 2 is 1.94 bits per heavy atom. The maximum absolute atomic E-state index is 14.3. The van der Waals surface area contributed by atoms with Crippen LogP contribution in [0.1, 0.15) is 56.7 Å². The van der Waals surface area contributed by atoms with Gasteiger partial charge in [-0.2, -0.15) is 0 Å². The number of benzene rings is 2. The molecule has 2 aliphatic rings. The molecule has 2 N–H and O–H groups in total. The van der Waals surface area contributed by atoms with Crippen molar-refractivity contribution in [3.63, 3.8) is 0 Å². The maximum Gasteiger partial charge on any atom is 0.132 e. The van der Waals surface area contributed by atoms with Crippen molar-refractivity contribution in [1.82, 2.24) is 0 Å². The highest BCUT2D eigenvalue weighted by Crippen LogP contribution is 2.52. The molecule has 1 saturated carbocycles. The smallest absolute Gasteiger partial charge is 0.132 e. The summed E-state index contributed by atoms with van der Waals surface area (Å²) in [6, 6.07) is 13.0. The molecule has 4 heteroatoms. The number of fused-ring (bicyclic) bond motifs is 1. The summed E-state index contributed by atoms with van der Waals surface area (Å²) in [5.41, 5.74) is 12.3. The van der Waals surface area contributed by atoms with E-state index >= 15 is 0 Å². The Balaban J connectivity index is 0.00000158. The number of halogens is 2. The van der Waals surface area contributed by atoms with Crippen LogP contribution in [0.3, 0.4) is 0 Å². The van der Waals surface area contributed by atoms with Crippen molar-refractivity contribution in [2.45, 2.75) is 59.2 Å². The zero-order chi connectivity index (χ0) is 24.9. The standard InChI is InChI=1S/C28H29ClFNO.C2H6/c1-4-20-16-28(3)23(15-22(20)14-19-8-11-24(29)12-9-19)10-13-26(28)32-17-21-6-5-7-25(30)27(21)18(2)31;1-2/h4-9,11-12,15,26H,1-2,10,13-14,16-17,31H2,3H3;1-2H3. The van der Waals surface area contributed by atoms with Gasteiger partial charge in [0.25, 0.3) is 0 Å². The van der Waals surface area contributed by atoms with Crippen molar-refractivity contribution >= 4 is 17.3 Å². The van der Waals surface area contributed by atoms with Gasteiger partial charge in [-0.15, -0.1) is 0 Å². The Labute approximate surface area is 208 Å². The Bertz CT molecular complexity index is 1120. The molecular weight excluding hydrogens is 445 g/mol. The van der Waals surface area contributed by atoms with Gasteiger partial charge >= 0.3 is 0 Å². The molecule has 2 aliphatic carbocycles. The monoisotopic (exact) mass is 479 g/mol. The summed E-state index contributed by atoms with van der Waals surface area (Å²) in [5, 5.41) is 0.747. The molecule has 0 aromatic heterocycles. The largest absolute Gasteiger partial charge is 0.399 e. The van der Waals surface area contributed by atoms with Crippen LogP contribution in [-0.2, 0) is 17.8 Å². The van der Waals surface area contributed by atoms with Crippen LogP contribution < -0.4 is 5.73 Å². The average Bonchev–Trinajstić information content (AvgIpc) is 3.14. The Morgan fingerprint density at radius 3 is 2.59 bits per heavy atom. The Morgan fingerprint density at radius 1 is 1.24 bits per heavy atom. The van der Waals surface area contributed by atoms with Crippen molar-refractivity contribution in [3.8, 4) is 0 Å². The van der Waals surface area contributed by atoms with Crippen LogP contribution in [-0.4, -0.2) is 6.10 Å². The van der Waals surface area contributed by atoms with E-state index < -0.39 is 0 Å². The molecular formula is C30H35ClFNO. The minimum atomic E-state index is -0.363. The first-order chi connectivity index (χ1) is 16.3. The highest BCUT2D eigenvalue weighted by atomic mass is 35.5. The first-order valence-electron chi connectivity index (χ1n) is 12.0. The molecule has 0 saturated heterocycles. The molecule has 0 aliphatic heterocycles. The molecule has 2 unspecified atom stereocenters. The molecule has 0 spiro atoms. The second-order valence-corrected chi connectivity index (χ2v) is 9.40. The van der Waals surface area contributed by atoms with Crippen LogP contribution in [0.25, 0.3) is 5.70 Å². The van der Waals surface area contributed by atoms with Gasteiger partial charge in [-0.25, -0.2) is 4.39 Å². The maximum atomic E-state index is 14.3. The lowest BCUT2D eigenvalue weighted by molar-refractivity contribution is -0.0141. The van der Waals surface area contributed by atoms with E-state index in [0.717, 1.165) is 36.3 Å².